The van der Waals surface area contributed by atoms with Gasteiger partial charge in [0.15, 0.2) is 23.0 Å². The van der Waals surface area contributed by atoms with Crippen LogP contribution in [-0.4, -0.2) is 41.0 Å². The molecule has 408 valence electrons. The molecule has 2 aromatic carbocycles. The highest BCUT2D eigenvalue weighted by Crippen LogP contribution is 2.37. The van der Waals surface area contributed by atoms with Crippen molar-refractivity contribution >= 4 is 16.3 Å². The number of rotatable bonds is 50. The normalized spacial score (nSPS) is 11.6. The van der Waals surface area contributed by atoms with Crippen molar-refractivity contribution in [3.63, 3.8) is 0 Å². The van der Waals surface area contributed by atoms with E-state index in [-0.39, 0.29) is 0 Å². The maximum atomic E-state index is 6.52. The van der Waals surface area contributed by atoms with E-state index in [2.05, 4.69) is 64.1 Å². The Labute approximate surface area is 446 Å². The van der Waals surface area contributed by atoms with Crippen molar-refractivity contribution in [3.8, 4) is 44.8 Å². The van der Waals surface area contributed by atoms with Gasteiger partial charge in [-0.1, -0.05) is 270 Å². The van der Waals surface area contributed by atoms with Crippen LogP contribution in [-0.2, 0) is 0 Å². The number of unbranched alkanes of at least 4 members (excludes halogenated alkanes) is 36. The monoisotopic (exact) mass is 1010 g/mol. The van der Waals surface area contributed by atoms with Gasteiger partial charge in [0.2, 0.25) is 4.96 Å². The molecular formula is C64H107N3O4S. The maximum absolute atomic E-state index is 6.52. The minimum absolute atomic E-state index is 0.700. The van der Waals surface area contributed by atoms with Gasteiger partial charge in [-0.2, -0.15) is 5.10 Å². The average Bonchev–Trinajstić information content (AvgIpc) is 3.99. The lowest BCUT2D eigenvalue weighted by Crippen LogP contribution is -2.03. The fourth-order valence-corrected chi connectivity index (χ4v) is 10.7. The third kappa shape index (κ3) is 27.3. The summed E-state index contributed by atoms with van der Waals surface area (Å²) >= 11 is 1.61. The van der Waals surface area contributed by atoms with Gasteiger partial charge in [0.25, 0.3) is 0 Å². The minimum atomic E-state index is 0.700. The lowest BCUT2D eigenvalue weighted by Gasteiger charge is -2.14. The number of hydrogen-bond donors (Lipinski definition) is 0. The Hall–Kier alpha value is -3.26. The van der Waals surface area contributed by atoms with E-state index in [4.69, 9.17) is 29.0 Å². The molecule has 0 amide bonds. The summed E-state index contributed by atoms with van der Waals surface area (Å²) in [7, 11) is 0. The van der Waals surface area contributed by atoms with Crippen LogP contribution < -0.4 is 18.9 Å². The van der Waals surface area contributed by atoms with Crippen LogP contribution in [0.4, 0.5) is 0 Å². The number of benzene rings is 2. The maximum Gasteiger partial charge on any atom is 0.213 e. The third-order valence-electron chi connectivity index (χ3n) is 14.5. The Morgan fingerprint density at radius 3 is 0.972 bits per heavy atom. The topological polar surface area (TPSA) is 67.1 Å². The number of imidazole rings is 1. The van der Waals surface area contributed by atoms with Crippen molar-refractivity contribution in [1.82, 2.24) is 14.6 Å². The summed E-state index contributed by atoms with van der Waals surface area (Å²) in [6.45, 7) is 12.0. The summed E-state index contributed by atoms with van der Waals surface area (Å²) in [6, 6.07) is 12.7. The number of fused-ring (bicyclic) bond motifs is 1. The van der Waals surface area contributed by atoms with Crippen LogP contribution in [0.5, 0.6) is 23.0 Å². The number of nitrogens with zero attached hydrogens (tertiary/aromatic N) is 3. The molecule has 0 fully saturated rings. The van der Waals surface area contributed by atoms with Crippen molar-refractivity contribution in [2.45, 2.75) is 285 Å². The van der Waals surface area contributed by atoms with E-state index in [1.54, 1.807) is 11.3 Å². The number of ether oxygens (including phenoxy) is 4. The predicted octanol–water partition coefficient (Wildman–Crippen LogP) is 21.3. The average molecular weight is 1010 g/mol. The van der Waals surface area contributed by atoms with Crippen LogP contribution in [0.15, 0.2) is 42.6 Å². The van der Waals surface area contributed by atoms with Gasteiger partial charge in [-0.05, 0) is 62.1 Å². The second-order valence-electron chi connectivity index (χ2n) is 21.2. The van der Waals surface area contributed by atoms with Crippen molar-refractivity contribution in [2.24, 2.45) is 0 Å². The van der Waals surface area contributed by atoms with Crippen LogP contribution in [0.3, 0.4) is 0 Å². The fourth-order valence-electron chi connectivity index (χ4n) is 9.81. The molecule has 0 aliphatic carbocycles. The summed E-state index contributed by atoms with van der Waals surface area (Å²) in [4.78, 5) is 5.97. The van der Waals surface area contributed by atoms with Crippen molar-refractivity contribution in [2.75, 3.05) is 26.4 Å². The summed E-state index contributed by atoms with van der Waals surface area (Å²) in [5.41, 5.74) is 2.94. The molecule has 0 atom stereocenters. The largest absolute Gasteiger partial charge is 0.490 e. The second kappa shape index (κ2) is 42.0. The summed E-state index contributed by atoms with van der Waals surface area (Å²) in [5.74, 6) is 3.32. The molecule has 0 saturated heterocycles. The third-order valence-corrected chi connectivity index (χ3v) is 15.5. The van der Waals surface area contributed by atoms with E-state index in [0.29, 0.717) is 13.2 Å². The van der Waals surface area contributed by atoms with Gasteiger partial charge in [0.05, 0.1) is 38.3 Å². The van der Waals surface area contributed by atoms with Gasteiger partial charge in [-0.3, -0.25) is 0 Å². The molecule has 2 heterocycles. The zero-order valence-corrected chi connectivity index (χ0v) is 47.9. The van der Waals surface area contributed by atoms with Crippen LogP contribution >= 0.6 is 11.3 Å². The Morgan fingerprint density at radius 1 is 0.347 bits per heavy atom. The zero-order chi connectivity index (χ0) is 50.8. The van der Waals surface area contributed by atoms with E-state index >= 15 is 0 Å². The van der Waals surface area contributed by atoms with Gasteiger partial charge >= 0.3 is 0 Å². The first-order chi connectivity index (χ1) is 35.7. The van der Waals surface area contributed by atoms with Gasteiger partial charge in [0.1, 0.15) is 5.01 Å². The molecule has 2 aromatic heterocycles. The second-order valence-corrected chi connectivity index (χ2v) is 22.2. The summed E-state index contributed by atoms with van der Waals surface area (Å²) in [6.07, 6.45) is 54.5. The van der Waals surface area contributed by atoms with Crippen LogP contribution in [0.25, 0.3) is 26.8 Å². The van der Waals surface area contributed by atoms with Gasteiger partial charge in [0, 0.05) is 11.1 Å². The van der Waals surface area contributed by atoms with E-state index in [1.165, 1.54) is 231 Å². The van der Waals surface area contributed by atoms with Gasteiger partial charge in [-0.25, -0.2) is 9.50 Å². The Kier molecular flexibility index (Phi) is 35.8. The molecule has 0 N–H and O–H groups in total. The Bertz CT molecular complexity index is 1710. The first-order valence-electron chi connectivity index (χ1n) is 30.8. The highest BCUT2D eigenvalue weighted by Gasteiger charge is 2.17. The standard InChI is InChI=1S/C64H107N3O4S/c1-5-9-13-17-21-25-29-33-37-41-49-68-59-47-45-56(53-61(59)70-51-43-39-35-31-27-23-19-15-11-7-3)58-55-67-64(65-58)72-63(66-67)57-46-48-60(69-50-42-38-34-30-26-22-18-14-10-6-2)62(54-57)71-52-44-40-36-32-28-24-20-16-12-8-4/h45-48,53-55H,5-44,49-52H2,1-4H3. The zero-order valence-electron chi connectivity index (χ0n) is 47.0. The lowest BCUT2D eigenvalue weighted by atomic mass is 10.1. The fraction of sp³-hybridized carbons (Fsp3) is 0.750. The Morgan fingerprint density at radius 2 is 0.639 bits per heavy atom. The molecular weight excluding hydrogens is 907 g/mol. The highest BCUT2D eigenvalue weighted by molar-refractivity contribution is 7.19. The quantitative estimate of drug-likeness (QED) is 0.0411. The summed E-state index contributed by atoms with van der Waals surface area (Å²) in [5, 5.41) is 5.98. The molecule has 0 saturated carbocycles. The van der Waals surface area contributed by atoms with E-state index in [1.807, 2.05) is 10.7 Å². The first-order valence-corrected chi connectivity index (χ1v) is 31.6. The molecule has 8 heteroatoms. The summed E-state index contributed by atoms with van der Waals surface area (Å²) < 4.78 is 27.8. The van der Waals surface area contributed by atoms with Crippen molar-refractivity contribution in [3.05, 3.63) is 42.6 Å². The minimum Gasteiger partial charge on any atom is -0.490 e. The van der Waals surface area contributed by atoms with E-state index in [9.17, 15) is 0 Å². The van der Waals surface area contributed by atoms with Crippen LogP contribution in [0.1, 0.15) is 285 Å². The molecule has 0 unspecified atom stereocenters. The smallest absolute Gasteiger partial charge is 0.213 e. The van der Waals surface area contributed by atoms with Gasteiger partial charge < -0.3 is 18.9 Å². The first kappa shape index (κ1) is 61.3. The van der Waals surface area contributed by atoms with E-state index < -0.39 is 0 Å². The number of aromatic nitrogens is 3. The van der Waals surface area contributed by atoms with Crippen molar-refractivity contribution < 1.29 is 18.9 Å². The van der Waals surface area contributed by atoms with Crippen LogP contribution in [0.2, 0.25) is 0 Å². The molecule has 0 radical (unpaired) electrons. The molecule has 7 nitrogen and oxygen atoms in total. The molecule has 4 aromatic rings. The Balaban J connectivity index is 1.35. The predicted molar refractivity (Wildman–Crippen MR) is 311 cm³/mol. The molecule has 72 heavy (non-hydrogen) atoms. The molecule has 4 rings (SSSR count). The highest BCUT2D eigenvalue weighted by atomic mass is 32.1. The molecule has 0 aliphatic rings. The SMILES string of the molecule is CCCCCCCCCCCCOc1ccc(-c2cn3nc(-c4ccc(OCCCCCCCCCCCC)c(OCCCCCCCCCCCC)c4)sc3n2)cc1OCCCCCCCCCCCC. The van der Waals surface area contributed by atoms with Crippen LogP contribution in [0, 0.1) is 0 Å². The number of hydrogen-bond acceptors (Lipinski definition) is 7. The van der Waals surface area contributed by atoms with E-state index in [0.717, 1.165) is 88.7 Å². The molecule has 0 aliphatic heterocycles. The molecule has 0 spiro atoms. The van der Waals surface area contributed by atoms with Gasteiger partial charge in [-0.15, -0.1) is 0 Å². The molecule has 0 bridgehead atoms. The lowest BCUT2D eigenvalue weighted by molar-refractivity contribution is 0.258. The van der Waals surface area contributed by atoms with Crippen molar-refractivity contribution in [1.29, 1.82) is 0 Å².